The van der Waals surface area contributed by atoms with E-state index in [0.29, 0.717) is 11.4 Å². The highest BCUT2D eigenvalue weighted by molar-refractivity contribution is 6.35. The number of halogens is 7. The minimum absolute atomic E-state index is 0.00352. The maximum Gasteiger partial charge on any atom is 0.395 e. The fourth-order valence-electron chi connectivity index (χ4n) is 4.46. The first-order valence-electron chi connectivity index (χ1n) is 13.5. The van der Waals surface area contributed by atoms with Gasteiger partial charge < -0.3 is 16.1 Å². The van der Waals surface area contributed by atoms with E-state index >= 15 is 0 Å². The summed E-state index contributed by atoms with van der Waals surface area (Å²) in [5.74, 6) is -0.758. The predicted molar refractivity (Wildman–Crippen MR) is 158 cm³/mol. The van der Waals surface area contributed by atoms with Crippen molar-refractivity contribution >= 4 is 39.6 Å². The molecule has 0 saturated heterocycles. The maximum absolute atomic E-state index is 14.0. The van der Waals surface area contributed by atoms with Crippen molar-refractivity contribution in [2.45, 2.75) is 64.7 Å². The minimum Gasteiger partial charge on any atom is -0.382 e. The minimum atomic E-state index is -4.52. The van der Waals surface area contributed by atoms with Crippen molar-refractivity contribution in [1.29, 1.82) is 5.26 Å². The maximum atomic E-state index is 14.0. The van der Waals surface area contributed by atoms with Crippen LogP contribution in [-0.4, -0.2) is 46.4 Å². The van der Waals surface area contributed by atoms with Crippen LogP contribution in [0.15, 0.2) is 59.4 Å². The number of fused-ring (bicyclic) bond motifs is 1. The summed E-state index contributed by atoms with van der Waals surface area (Å²) in [6.07, 6.45) is -2.77. The van der Waals surface area contributed by atoms with Crippen LogP contribution in [0, 0.1) is 16.7 Å². The number of nitrogens with zero attached hydrogens (tertiary/aromatic N) is 4. The van der Waals surface area contributed by atoms with Crippen molar-refractivity contribution in [2.75, 3.05) is 17.2 Å². The lowest BCUT2D eigenvalue weighted by atomic mass is 9.92. The monoisotopic (exact) mass is 640 g/mol. The molecule has 236 valence electrons. The van der Waals surface area contributed by atoms with Gasteiger partial charge in [0.15, 0.2) is 0 Å². The van der Waals surface area contributed by atoms with Gasteiger partial charge in [0.1, 0.15) is 11.6 Å². The van der Waals surface area contributed by atoms with Crippen molar-refractivity contribution in [3.8, 4) is 6.07 Å². The van der Waals surface area contributed by atoms with Crippen LogP contribution in [0.25, 0.3) is 10.9 Å². The molecule has 2 heterocycles. The highest BCUT2D eigenvalue weighted by atomic mass is 35.5. The summed E-state index contributed by atoms with van der Waals surface area (Å²) in [7, 11) is 0. The second-order valence-corrected chi connectivity index (χ2v) is 11.7. The predicted octanol–water partition coefficient (Wildman–Crippen LogP) is 7.35. The Morgan fingerprint density at radius 1 is 1.32 bits per heavy atom. The molecule has 1 aromatic heterocycles. The van der Waals surface area contributed by atoms with Gasteiger partial charge in [-0.2, -0.15) is 22.8 Å². The molecular weight excluding hydrogens is 610 g/mol. The number of aromatic nitrogens is 1. The summed E-state index contributed by atoms with van der Waals surface area (Å²) in [5.41, 5.74) is 3.57. The second-order valence-electron chi connectivity index (χ2n) is 11.3. The fraction of sp³-hybridized carbons (Fsp3) is 0.414. The molecule has 0 bridgehead atoms. The van der Waals surface area contributed by atoms with Crippen LogP contribution in [0.3, 0.4) is 0 Å². The van der Waals surface area contributed by atoms with Crippen molar-refractivity contribution in [3.63, 3.8) is 0 Å². The Morgan fingerprint density at radius 2 is 2.00 bits per heavy atom. The molecule has 0 radical (unpaired) electrons. The summed E-state index contributed by atoms with van der Waals surface area (Å²) in [6, 6.07) is 4.10. The van der Waals surface area contributed by atoms with E-state index in [1.165, 1.54) is 37.3 Å². The third-order valence-electron chi connectivity index (χ3n) is 7.70. The van der Waals surface area contributed by atoms with E-state index in [2.05, 4.69) is 38.1 Å². The molecule has 4 N–H and O–H groups in total. The van der Waals surface area contributed by atoms with Crippen LogP contribution in [0.2, 0.25) is 5.02 Å². The lowest BCUT2D eigenvalue weighted by Gasteiger charge is -2.29. The molecule has 1 fully saturated rings. The third-order valence-corrected chi connectivity index (χ3v) is 7.99. The number of hydrogen-bond acceptors (Lipinski definition) is 8. The highest BCUT2D eigenvalue weighted by Gasteiger charge is 2.56. The Balaban J connectivity index is 1.78. The number of pyridine rings is 1. The van der Waals surface area contributed by atoms with Gasteiger partial charge in [-0.1, -0.05) is 18.2 Å². The fourth-order valence-corrected chi connectivity index (χ4v) is 4.73. The smallest absolute Gasteiger partial charge is 0.382 e. The van der Waals surface area contributed by atoms with E-state index < -0.39 is 42.1 Å². The number of nitriles is 1. The molecule has 0 spiro atoms. The Labute approximate surface area is 255 Å². The standard InChI is InChI=1S/C29H31ClF6N8/c1-6-22(31)40-16(3)15(2)23(21-13-44(43-42-21)28(7-8-28)26(32)33)41-18-9-19-24(39-14-27(4,5)29(34,35)36)17(11-37)12-38-25(19)20(30)10-18/h6,9-10,12-13,23,26,41-43H,2,7-8,14H2,1,3-5H3,(H,38,39)/b22-6-,40-16-/t23-/m0/s1. The first-order chi connectivity index (χ1) is 20.5. The number of nitrogens with one attached hydrogen (secondary N) is 4. The zero-order valence-corrected chi connectivity index (χ0v) is 25.1. The molecule has 1 aliphatic carbocycles. The van der Waals surface area contributed by atoms with E-state index in [1.54, 1.807) is 6.07 Å². The molecule has 8 nitrogen and oxygen atoms in total. The number of hydrazine groups is 2. The van der Waals surface area contributed by atoms with Crippen LogP contribution in [0.5, 0.6) is 0 Å². The normalized spacial score (nSPS) is 17.7. The topological polar surface area (TPSA) is 100 Å². The number of benzene rings is 1. The zero-order valence-electron chi connectivity index (χ0n) is 24.3. The SMILES string of the molecule is C=C(/C(C)=N\C(F)=C/C)[C@H](Nc1cc(Cl)c2ncc(C#N)c(NCC(C)(C)C(F)(F)F)c2c1)C1=CN(C2(C(F)F)CC2)NN1. The molecule has 44 heavy (non-hydrogen) atoms. The molecule has 0 unspecified atom stereocenters. The summed E-state index contributed by atoms with van der Waals surface area (Å²) < 4.78 is 82.4. The van der Waals surface area contributed by atoms with Gasteiger partial charge in [0.2, 0.25) is 5.95 Å². The molecular formula is C29H31ClF6N8. The Bertz CT molecular complexity index is 1590. The number of anilines is 2. The van der Waals surface area contributed by atoms with Crippen LogP contribution in [-0.2, 0) is 0 Å². The Kier molecular flexibility index (Phi) is 9.14. The van der Waals surface area contributed by atoms with Crippen LogP contribution < -0.4 is 21.6 Å². The van der Waals surface area contributed by atoms with Crippen LogP contribution in [0.1, 0.15) is 46.1 Å². The van der Waals surface area contributed by atoms with Gasteiger partial charge in [0.25, 0.3) is 6.43 Å². The first kappa shape index (κ1) is 32.9. The van der Waals surface area contributed by atoms with Gasteiger partial charge in [0.05, 0.1) is 38.9 Å². The largest absolute Gasteiger partial charge is 0.395 e. The van der Waals surface area contributed by atoms with E-state index in [-0.39, 0.29) is 51.3 Å². The molecule has 1 atom stereocenters. The van der Waals surface area contributed by atoms with E-state index in [9.17, 15) is 31.6 Å². The van der Waals surface area contributed by atoms with Gasteiger partial charge in [0, 0.05) is 35.7 Å². The number of alkyl halides is 5. The van der Waals surface area contributed by atoms with Crippen molar-refractivity contribution < 1.29 is 26.3 Å². The Morgan fingerprint density at radius 3 is 2.57 bits per heavy atom. The van der Waals surface area contributed by atoms with Crippen LogP contribution in [0.4, 0.5) is 37.7 Å². The van der Waals surface area contributed by atoms with E-state index in [4.69, 9.17) is 11.6 Å². The van der Waals surface area contributed by atoms with Gasteiger partial charge in [-0.15, -0.1) is 5.53 Å². The first-order valence-corrected chi connectivity index (χ1v) is 13.9. The van der Waals surface area contributed by atoms with Crippen molar-refractivity contribution in [3.05, 3.63) is 65.0 Å². The summed E-state index contributed by atoms with van der Waals surface area (Å²) in [4.78, 5) is 8.13. The van der Waals surface area contributed by atoms with Gasteiger partial charge in [-0.3, -0.25) is 9.99 Å². The third kappa shape index (κ3) is 6.44. The lowest BCUT2D eigenvalue weighted by Crippen LogP contribution is -2.48. The lowest BCUT2D eigenvalue weighted by molar-refractivity contribution is -0.206. The quantitative estimate of drug-likeness (QED) is 0.116. The van der Waals surface area contributed by atoms with E-state index in [1.807, 2.05) is 6.07 Å². The molecule has 0 amide bonds. The highest BCUT2D eigenvalue weighted by Crippen LogP contribution is 2.47. The summed E-state index contributed by atoms with van der Waals surface area (Å²) >= 11 is 6.56. The van der Waals surface area contributed by atoms with Gasteiger partial charge in [-0.25, -0.2) is 13.8 Å². The number of allylic oxidation sites excluding steroid dienone is 1. The molecule has 1 aromatic carbocycles. The molecule has 1 aliphatic heterocycles. The average Bonchev–Trinajstić information content (AvgIpc) is 3.63. The van der Waals surface area contributed by atoms with Gasteiger partial charge in [-0.05, 0) is 64.3 Å². The molecule has 2 aromatic rings. The second kappa shape index (κ2) is 12.2. The van der Waals surface area contributed by atoms with Crippen molar-refractivity contribution in [1.82, 2.24) is 21.0 Å². The number of rotatable bonds is 11. The molecule has 15 heteroatoms. The van der Waals surface area contributed by atoms with E-state index in [0.717, 1.165) is 19.9 Å². The van der Waals surface area contributed by atoms with Crippen molar-refractivity contribution in [2.24, 2.45) is 10.4 Å². The molecule has 4 rings (SSSR count). The zero-order chi connectivity index (χ0) is 32.6. The summed E-state index contributed by atoms with van der Waals surface area (Å²) in [5, 5.41) is 17.3. The number of hydrogen-bond donors (Lipinski definition) is 4. The Hall–Kier alpha value is -3.96. The summed E-state index contributed by atoms with van der Waals surface area (Å²) in [6.45, 7) is 8.58. The molecule has 1 saturated carbocycles. The van der Waals surface area contributed by atoms with Gasteiger partial charge >= 0.3 is 6.18 Å². The number of aliphatic imine (C=N–C) groups is 1. The van der Waals surface area contributed by atoms with Crippen LogP contribution >= 0.6 is 11.6 Å². The molecule has 2 aliphatic rings. The average molecular weight is 641 g/mol.